The zero-order chi connectivity index (χ0) is 12.1. The summed E-state index contributed by atoms with van der Waals surface area (Å²) in [6.45, 7) is 3.15. The van der Waals surface area contributed by atoms with E-state index in [2.05, 4.69) is 4.98 Å². The highest BCUT2D eigenvalue weighted by atomic mass is 16.5. The summed E-state index contributed by atoms with van der Waals surface area (Å²) in [6, 6.07) is 7.88. The minimum atomic E-state index is 0.515. The maximum absolute atomic E-state index is 10.7. The van der Waals surface area contributed by atoms with E-state index in [4.69, 9.17) is 4.74 Å². The van der Waals surface area contributed by atoms with Gasteiger partial charge in [0.25, 0.3) is 0 Å². The molecule has 0 aliphatic rings. The van der Waals surface area contributed by atoms with Crippen LogP contribution in [0.4, 0.5) is 0 Å². The topological polar surface area (TPSA) is 44.1 Å². The number of aryl methyl sites for hydroxylation is 1. The number of carbonyl (C=O) groups excluding carboxylic acids is 1. The van der Waals surface area contributed by atoms with Crippen molar-refractivity contribution >= 4 is 6.29 Å². The molecule has 0 saturated carbocycles. The van der Waals surface area contributed by atoms with Crippen molar-refractivity contribution in [2.45, 2.75) is 13.5 Å². The van der Waals surface area contributed by atoms with Gasteiger partial charge in [-0.1, -0.05) is 12.1 Å². The Kier molecular flexibility index (Phi) is 3.55. The van der Waals surface area contributed by atoms with E-state index in [-0.39, 0.29) is 0 Å². The molecule has 4 heteroatoms. The third kappa shape index (κ3) is 2.93. The van der Waals surface area contributed by atoms with Crippen LogP contribution in [-0.4, -0.2) is 22.4 Å². The van der Waals surface area contributed by atoms with Gasteiger partial charge in [0.15, 0.2) is 6.29 Å². The first kappa shape index (κ1) is 11.4. The number of nitrogens with zero attached hydrogens (tertiary/aromatic N) is 2. The lowest BCUT2D eigenvalue weighted by molar-refractivity contribution is 0.111. The molecule has 1 aromatic carbocycles. The van der Waals surface area contributed by atoms with Gasteiger partial charge in [-0.15, -0.1) is 0 Å². The van der Waals surface area contributed by atoms with Gasteiger partial charge in [0.05, 0.1) is 19.1 Å². The Morgan fingerprint density at radius 1 is 1.47 bits per heavy atom. The number of hydrogen-bond acceptors (Lipinski definition) is 3. The molecule has 0 bridgehead atoms. The lowest BCUT2D eigenvalue weighted by Gasteiger charge is -2.08. The summed E-state index contributed by atoms with van der Waals surface area (Å²) in [5.41, 5.74) is 1.73. The average Bonchev–Trinajstić information content (AvgIpc) is 2.77. The molecule has 88 valence electrons. The molecule has 0 amide bonds. The Hall–Kier alpha value is -2.10. The van der Waals surface area contributed by atoms with Gasteiger partial charge in [0.1, 0.15) is 18.1 Å². The molecular formula is C13H14N2O2. The van der Waals surface area contributed by atoms with Crippen LogP contribution in [-0.2, 0) is 6.54 Å². The summed E-state index contributed by atoms with van der Waals surface area (Å²) in [4.78, 5) is 14.6. The number of hydrogen-bond donors (Lipinski definition) is 0. The van der Waals surface area contributed by atoms with E-state index in [9.17, 15) is 4.79 Å². The van der Waals surface area contributed by atoms with E-state index >= 15 is 0 Å². The SMILES string of the molecule is Cc1cccc(OCCn2cncc2C=O)c1. The lowest BCUT2D eigenvalue weighted by atomic mass is 10.2. The molecule has 0 aliphatic heterocycles. The number of benzene rings is 1. The van der Waals surface area contributed by atoms with Crippen LogP contribution >= 0.6 is 0 Å². The molecule has 1 aromatic heterocycles. The summed E-state index contributed by atoms with van der Waals surface area (Å²) in [5, 5.41) is 0. The monoisotopic (exact) mass is 230 g/mol. The van der Waals surface area contributed by atoms with E-state index in [0.717, 1.165) is 12.0 Å². The fourth-order valence-corrected chi connectivity index (χ4v) is 1.58. The molecule has 0 N–H and O–H groups in total. The Balaban J connectivity index is 1.90. The van der Waals surface area contributed by atoms with Crippen molar-refractivity contribution in [1.29, 1.82) is 0 Å². The molecule has 0 unspecified atom stereocenters. The fraction of sp³-hybridized carbons (Fsp3) is 0.231. The Labute approximate surface area is 99.9 Å². The van der Waals surface area contributed by atoms with Gasteiger partial charge in [-0.05, 0) is 24.6 Å². The highest BCUT2D eigenvalue weighted by Crippen LogP contribution is 2.12. The highest BCUT2D eigenvalue weighted by molar-refractivity contribution is 5.71. The van der Waals surface area contributed by atoms with Crippen LogP contribution in [0.5, 0.6) is 5.75 Å². The molecule has 0 radical (unpaired) electrons. The summed E-state index contributed by atoms with van der Waals surface area (Å²) < 4.78 is 7.36. The number of ether oxygens (including phenoxy) is 1. The zero-order valence-electron chi connectivity index (χ0n) is 9.67. The standard InChI is InChI=1S/C13H14N2O2/c1-11-3-2-4-13(7-11)17-6-5-15-10-14-8-12(15)9-16/h2-4,7-10H,5-6H2,1H3. The van der Waals surface area contributed by atoms with Crippen molar-refractivity contribution in [3.05, 3.63) is 48.0 Å². The van der Waals surface area contributed by atoms with Crippen LogP contribution in [0.3, 0.4) is 0 Å². The largest absolute Gasteiger partial charge is 0.492 e. The molecule has 2 aromatic rings. The number of aromatic nitrogens is 2. The predicted molar refractivity (Wildman–Crippen MR) is 64.3 cm³/mol. The second kappa shape index (κ2) is 5.30. The Morgan fingerprint density at radius 3 is 3.12 bits per heavy atom. The number of carbonyl (C=O) groups is 1. The van der Waals surface area contributed by atoms with Gasteiger partial charge in [-0.2, -0.15) is 0 Å². The molecule has 1 heterocycles. The minimum absolute atomic E-state index is 0.515. The van der Waals surface area contributed by atoms with Crippen molar-refractivity contribution in [3.63, 3.8) is 0 Å². The first-order valence-corrected chi connectivity index (χ1v) is 5.44. The van der Waals surface area contributed by atoms with Crippen LogP contribution in [0.15, 0.2) is 36.8 Å². The summed E-state index contributed by atoms with van der Waals surface area (Å²) in [6.07, 6.45) is 3.96. The van der Waals surface area contributed by atoms with Crippen molar-refractivity contribution < 1.29 is 9.53 Å². The van der Waals surface area contributed by atoms with E-state index in [0.29, 0.717) is 18.8 Å². The summed E-state index contributed by atoms with van der Waals surface area (Å²) in [7, 11) is 0. The molecule has 17 heavy (non-hydrogen) atoms. The van der Waals surface area contributed by atoms with Gasteiger partial charge < -0.3 is 9.30 Å². The quantitative estimate of drug-likeness (QED) is 0.739. The first-order valence-electron chi connectivity index (χ1n) is 5.44. The van der Waals surface area contributed by atoms with Crippen LogP contribution in [0.25, 0.3) is 0 Å². The van der Waals surface area contributed by atoms with Crippen LogP contribution in [0, 0.1) is 6.92 Å². The first-order chi connectivity index (χ1) is 8.29. The third-order valence-corrected chi connectivity index (χ3v) is 2.46. The maximum atomic E-state index is 10.7. The normalized spacial score (nSPS) is 10.2. The van der Waals surface area contributed by atoms with Crippen molar-refractivity contribution in [2.24, 2.45) is 0 Å². The second-order valence-electron chi connectivity index (χ2n) is 3.79. The summed E-state index contributed by atoms with van der Waals surface area (Å²) >= 11 is 0. The Bertz CT molecular complexity index is 506. The number of imidazole rings is 1. The third-order valence-electron chi connectivity index (χ3n) is 2.46. The molecule has 0 fully saturated rings. The van der Waals surface area contributed by atoms with Gasteiger partial charge in [-0.25, -0.2) is 4.98 Å². The Morgan fingerprint density at radius 2 is 2.35 bits per heavy atom. The van der Waals surface area contributed by atoms with Crippen molar-refractivity contribution in [1.82, 2.24) is 9.55 Å². The molecule has 0 aliphatic carbocycles. The molecule has 0 saturated heterocycles. The van der Waals surface area contributed by atoms with Gasteiger partial charge in [-0.3, -0.25) is 4.79 Å². The predicted octanol–water partition coefficient (Wildman–Crippen LogP) is 2.08. The zero-order valence-corrected chi connectivity index (χ0v) is 9.67. The number of aldehydes is 1. The smallest absolute Gasteiger partial charge is 0.168 e. The number of rotatable bonds is 5. The van der Waals surface area contributed by atoms with Gasteiger partial charge >= 0.3 is 0 Å². The average molecular weight is 230 g/mol. The minimum Gasteiger partial charge on any atom is -0.492 e. The highest BCUT2D eigenvalue weighted by Gasteiger charge is 2.00. The molecule has 4 nitrogen and oxygen atoms in total. The van der Waals surface area contributed by atoms with E-state index in [1.54, 1.807) is 17.1 Å². The molecule has 0 spiro atoms. The van der Waals surface area contributed by atoms with Crippen molar-refractivity contribution in [3.8, 4) is 5.75 Å². The molecule has 0 atom stereocenters. The van der Waals surface area contributed by atoms with E-state index in [1.165, 1.54) is 5.56 Å². The van der Waals surface area contributed by atoms with Gasteiger partial charge in [0, 0.05) is 0 Å². The van der Waals surface area contributed by atoms with Crippen LogP contribution in [0.2, 0.25) is 0 Å². The van der Waals surface area contributed by atoms with Gasteiger partial charge in [0.2, 0.25) is 0 Å². The van der Waals surface area contributed by atoms with Crippen molar-refractivity contribution in [2.75, 3.05) is 6.61 Å². The second-order valence-corrected chi connectivity index (χ2v) is 3.79. The van der Waals surface area contributed by atoms with E-state index < -0.39 is 0 Å². The lowest BCUT2D eigenvalue weighted by Crippen LogP contribution is -2.09. The van der Waals surface area contributed by atoms with Crippen LogP contribution in [0.1, 0.15) is 16.1 Å². The maximum Gasteiger partial charge on any atom is 0.168 e. The summed E-state index contributed by atoms with van der Waals surface area (Å²) in [5.74, 6) is 0.845. The fourth-order valence-electron chi connectivity index (χ4n) is 1.58. The van der Waals surface area contributed by atoms with Crippen LogP contribution < -0.4 is 4.74 Å². The molecule has 2 rings (SSSR count). The van der Waals surface area contributed by atoms with E-state index in [1.807, 2.05) is 31.2 Å². The molecular weight excluding hydrogens is 216 g/mol.